The van der Waals surface area contributed by atoms with E-state index in [0.29, 0.717) is 12.0 Å². The molecule has 20 heavy (non-hydrogen) atoms. The number of nitrogens with zero attached hydrogens (tertiary/aromatic N) is 2. The highest BCUT2D eigenvalue weighted by molar-refractivity contribution is 5.78. The number of nitrogens with one attached hydrogen (secondary N) is 1. The van der Waals surface area contributed by atoms with Crippen LogP contribution in [0.25, 0.3) is 0 Å². The molecule has 1 N–H and O–H groups in total. The van der Waals surface area contributed by atoms with Gasteiger partial charge in [0.2, 0.25) is 5.91 Å². The molecule has 0 aromatic heterocycles. The second-order valence-corrected chi connectivity index (χ2v) is 7.01. The summed E-state index contributed by atoms with van der Waals surface area (Å²) in [5.74, 6) is 1.02. The van der Waals surface area contributed by atoms with E-state index in [1.165, 1.54) is 38.9 Å². The minimum absolute atomic E-state index is 0.210. The predicted octanol–water partition coefficient (Wildman–Crippen LogP) is 1.56. The topological polar surface area (TPSA) is 35.6 Å². The lowest BCUT2D eigenvalue weighted by Gasteiger charge is -2.41. The Labute approximate surface area is 123 Å². The molecule has 0 spiro atoms. The Hall–Kier alpha value is -0.610. The van der Waals surface area contributed by atoms with Crippen LogP contribution < -0.4 is 5.32 Å². The van der Waals surface area contributed by atoms with Gasteiger partial charge >= 0.3 is 0 Å². The lowest BCUT2D eigenvalue weighted by Crippen LogP contribution is -2.50. The highest BCUT2D eigenvalue weighted by Gasteiger charge is 2.30. The van der Waals surface area contributed by atoms with Crippen LogP contribution in [0.3, 0.4) is 0 Å². The number of carbonyl (C=O) groups is 1. The van der Waals surface area contributed by atoms with Gasteiger partial charge in [0.15, 0.2) is 0 Å². The first kappa shape index (κ1) is 15.8. The Morgan fingerprint density at radius 1 is 1.20 bits per heavy atom. The van der Waals surface area contributed by atoms with Crippen molar-refractivity contribution in [1.82, 2.24) is 15.1 Å². The van der Waals surface area contributed by atoms with Gasteiger partial charge in [0.1, 0.15) is 0 Å². The summed E-state index contributed by atoms with van der Waals surface area (Å²) in [7, 11) is 2.20. The average Bonchev–Trinajstić information content (AvgIpc) is 2.45. The first-order chi connectivity index (χ1) is 9.56. The third-order valence-corrected chi connectivity index (χ3v) is 4.71. The van der Waals surface area contributed by atoms with E-state index in [0.717, 1.165) is 19.5 Å². The van der Waals surface area contributed by atoms with Gasteiger partial charge in [-0.15, -0.1) is 0 Å². The summed E-state index contributed by atoms with van der Waals surface area (Å²) in [5.41, 5.74) is 0. The maximum absolute atomic E-state index is 12.2. The van der Waals surface area contributed by atoms with E-state index in [4.69, 9.17) is 0 Å². The van der Waals surface area contributed by atoms with Gasteiger partial charge in [-0.1, -0.05) is 13.8 Å². The molecule has 2 rings (SSSR count). The van der Waals surface area contributed by atoms with Crippen LogP contribution in [-0.4, -0.2) is 61.5 Å². The van der Waals surface area contributed by atoms with Crippen LogP contribution >= 0.6 is 0 Å². The van der Waals surface area contributed by atoms with Crippen LogP contribution in [0.4, 0.5) is 0 Å². The van der Waals surface area contributed by atoms with Crippen molar-refractivity contribution in [1.29, 1.82) is 0 Å². The Bertz CT molecular complexity index is 311. The van der Waals surface area contributed by atoms with Crippen molar-refractivity contribution in [2.45, 2.75) is 45.6 Å². The molecule has 0 unspecified atom stereocenters. The molecule has 0 radical (unpaired) electrons. The van der Waals surface area contributed by atoms with E-state index in [1.54, 1.807) is 0 Å². The second-order valence-electron chi connectivity index (χ2n) is 7.01. The highest BCUT2D eigenvalue weighted by atomic mass is 16.1. The first-order valence-corrected chi connectivity index (χ1v) is 8.26. The second kappa shape index (κ2) is 7.41. The smallest absolute Gasteiger partial charge is 0.224 e. The fourth-order valence-corrected chi connectivity index (χ4v) is 3.36. The summed E-state index contributed by atoms with van der Waals surface area (Å²) in [4.78, 5) is 17.2. The zero-order valence-electron chi connectivity index (χ0n) is 13.4. The first-order valence-electron chi connectivity index (χ1n) is 8.26. The molecule has 1 atom stereocenters. The van der Waals surface area contributed by atoms with Gasteiger partial charge in [-0.2, -0.15) is 0 Å². The van der Waals surface area contributed by atoms with Crippen LogP contribution in [0, 0.1) is 11.8 Å². The molecule has 1 amide bonds. The maximum atomic E-state index is 12.2. The molecule has 4 heteroatoms. The Morgan fingerprint density at radius 2 is 1.90 bits per heavy atom. The lowest BCUT2D eigenvalue weighted by molar-refractivity contribution is -0.127. The quantitative estimate of drug-likeness (QED) is 0.849. The van der Waals surface area contributed by atoms with Crippen LogP contribution in [0.5, 0.6) is 0 Å². The van der Waals surface area contributed by atoms with Gasteiger partial charge < -0.3 is 10.2 Å². The standard InChI is InChI=1S/C16H31N3O/c1-13(2)11-17-16(20)14-5-4-8-19(12-14)15-6-9-18(3)10-7-15/h13-15H,4-12H2,1-3H3,(H,17,20)/t14-/m1/s1. The van der Waals surface area contributed by atoms with Crippen LogP contribution in [0.15, 0.2) is 0 Å². The third kappa shape index (κ3) is 4.45. The molecule has 2 heterocycles. The third-order valence-electron chi connectivity index (χ3n) is 4.71. The van der Waals surface area contributed by atoms with Crippen molar-refractivity contribution < 1.29 is 4.79 Å². The van der Waals surface area contributed by atoms with E-state index in [2.05, 4.69) is 36.0 Å². The molecule has 0 bridgehead atoms. The molecule has 2 aliphatic rings. The zero-order chi connectivity index (χ0) is 14.5. The summed E-state index contributed by atoms with van der Waals surface area (Å²) in [6.45, 7) is 9.65. The van der Waals surface area contributed by atoms with Gasteiger partial charge in [-0.05, 0) is 58.3 Å². The number of piperidine rings is 2. The van der Waals surface area contributed by atoms with Gasteiger partial charge in [-0.25, -0.2) is 0 Å². The van der Waals surface area contributed by atoms with Gasteiger partial charge in [0.25, 0.3) is 0 Å². The van der Waals surface area contributed by atoms with Crippen molar-refractivity contribution >= 4 is 5.91 Å². The average molecular weight is 281 g/mol. The summed E-state index contributed by atoms with van der Waals surface area (Å²) >= 11 is 0. The number of hydrogen-bond acceptors (Lipinski definition) is 3. The van der Waals surface area contributed by atoms with Gasteiger partial charge in [0.05, 0.1) is 5.92 Å². The van der Waals surface area contributed by atoms with Gasteiger partial charge in [0, 0.05) is 19.1 Å². The number of hydrogen-bond donors (Lipinski definition) is 1. The molecular formula is C16H31N3O. The molecule has 2 aliphatic heterocycles. The summed E-state index contributed by atoms with van der Waals surface area (Å²) in [6.07, 6.45) is 4.76. The number of amides is 1. The fraction of sp³-hybridized carbons (Fsp3) is 0.938. The van der Waals surface area contributed by atoms with E-state index in [-0.39, 0.29) is 11.8 Å². The Morgan fingerprint density at radius 3 is 2.55 bits per heavy atom. The highest BCUT2D eigenvalue weighted by Crippen LogP contribution is 2.23. The van der Waals surface area contributed by atoms with E-state index < -0.39 is 0 Å². The van der Waals surface area contributed by atoms with E-state index >= 15 is 0 Å². The summed E-state index contributed by atoms with van der Waals surface area (Å²) in [6, 6.07) is 0.701. The summed E-state index contributed by atoms with van der Waals surface area (Å²) in [5, 5.41) is 3.11. The van der Waals surface area contributed by atoms with Crippen molar-refractivity contribution in [2.24, 2.45) is 11.8 Å². The van der Waals surface area contributed by atoms with Crippen LogP contribution in [0.1, 0.15) is 39.5 Å². The Kier molecular flexibility index (Phi) is 5.85. The minimum Gasteiger partial charge on any atom is -0.356 e. The number of carbonyl (C=O) groups excluding carboxylic acids is 1. The van der Waals surface area contributed by atoms with Crippen molar-refractivity contribution in [3.8, 4) is 0 Å². The predicted molar refractivity (Wildman–Crippen MR) is 82.7 cm³/mol. The SMILES string of the molecule is CC(C)CNC(=O)[C@@H]1CCCN(C2CCN(C)CC2)C1. The van der Waals surface area contributed by atoms with Crippen molar-refractivity contribution in [3.63, 3.8) is 0 Å². The number of rotatable bonds is 4. The largest absolute Gasteiger partial charge is 0.356 e. The molecule has 0 aliphatic carbocycles. The molecule has 116 valence electrons. The normalized spacial score (nSPS) is 26.9. The van der Waals surface area contributed by atoms with E-state index in [1.807, 2.05) is 0 Å². The van der Waals surface area contributed by atoms with E-state index in [9.17, 15) is 4.79 Å². The maximum Gasteiger partial charge on any atom is 0.224 e. The molecule has 0 aromatic carbocycles. The summed E-state index contributed by atoms with van der Waals surface area (Å²) < 4.78 is 0. The minimum atomic E-state index is 0.210. The van der Waals surface area contributed by atoms with Crippen molar-refractivity contribution in [3.05, 3.63) is 0 Å². The van der Waals surface area contributed by atoms with Gasteiger partial charge in [-0.3, -0.25) is 9.69 Å². The monoisotopic (exact) mass is 281 g/mol. The molecule has 4 nitrogen and oxygen atoms in total. The lowest BCUT2D eigenvalue weighted by atomic mass is 9.93. The molecule has 2 fully saturated rings. The zero-order valence-corrected chi connectivity index (χ0v) is 13.4. The Balaban J connectivity index is 1.80. The van der Waals surface area contributed by atoms with Crippen molar-refractivity contribution in [2.75, 3.05) is 39.8 Å². The number of likely N-dealkylation sites (tertiary alicyclic amines) is 2. The molecule has 2 saturated heterocycles. The van der Waals surface area contributed by atoms with Crippen LogP contribution in [-0.2, 0) is 4.79 Å². The molecular weight excluding hydrogens is 250 g/mol. The van der Waals surface area contributed by atoms with Crippen LogP contribution in [0.2, 0.25) is 0 Å². The molecule has 0 saturated carbocycles. The fourth-order valence-electron chi connectivity index (χ4n) is 3.36. The molecule has 0 aromatic rings.